The fraction of sp³-hybridized carbons (Fsp3) is 0.800. The maximum absolute atomic E-state index is 14.3. The maximum Gasteiger partial charge on any atom is 0.412 e. The molecule has 0 atom stereocenters. The molecule has 0 aromatic rings. The average molecular weight is 489 g/mol. The Hall–Kier alpha value is -1.38. The smallest absolute Gasteiger partial charge is 0.399 e. The Labute approximate surface area is 188 Å². The summed E-state index contributed by atoms with van der Waals surface area (Å²) in [5.41, 5.74) is 0.292. The van der Waals surface area contributed by atoms with Gasteiger partial charge in [0.1, 0.15) is 0 Å². The predicted octanol–water partition coefficient (Wildman–Crippen LogP) is 1.90. The van der Waals surface area contributed by atoms with E-state index in [4.69, 9.17) is 24.7 Å². The Morgan fingerprint density at radius 3 is 1.64 bits per heavy atom. The van der Waals surface area contributed by atoms with Crippen molar-refractivity contribution in [3.63, 3.8) is 0 Å². The number of hydrogen-bond acceptors (Lipinski definition) is 7. The molecule has 2 N–H and O–H groups in total. The lowest BCUT2D eigenvalue weighted by Crippen LogP contribution is -2.66. The zero-order valence-corrected chi connectivity index (χ0v) is 18.1. The summed E-state index contributed by atoms with van der Waals surface area (Å²) in [7, 11) is 0. The molecule has 0 amide bonds. The van der Waals surface area contributed by atoms with E-state index >= 15 is 0 Å². The van der Waals surface area contributed by atoms with Gasteiger partial charge in [-0.25, -0.2) is 0 Å². The van der Waals surface area contributed by atoms with Crippen molar-refractivity contribution in [3.8, 4) is 0 Å². The maximum atomic E-state index is 14.3. The van der Waals surface area contributed by atoms with Crippen LogP contribution in [0.4, 0.5) is 26.3 Å². The van der Waals surface area contributed by atoms with E-state index < -0.39 is 42.5 Å². The fourth-order valence-electron chi connectivity index (χ4n) is 4.12. The van der Waals surface area contributed by atoms with Gasteiger partial charge in [0.2, 0.25) is 11.2 Å². The second-order valence-corrected chi connectivity index (χ2v) is 8.05. The van der Waals surface area contributed by atoms with Crippen molar-refractivity contribution in [2.45, 2.75) is 18.1 Å². The second-order valence-electron chi connectivity index (χ2n) is 8.05. The van der Waals surface area contributed by atoms with E-state index in [9.17, 15) is 26.3 Å². The Morgan fingerprint density at radius 2 is 1.24 bits per heavy atom. The van der Waals surface area contributed by atoms with Crippen molar-refractivity contribution in [1.29, 1.82) is 0 Å². The van der Waals surface area contributed by atoms with Crippen LogP contribution in [0.5, 0.6) is 0 Å². The summed E-state index contributed by atoms with van der Waals surface area (Å²) in [6, 6.07) is 0. The summed E-state index contributed by atoms with van der Waals surface area (Å²) < 4.78 is 107. The van der Waals surface area contributed by atoms with Crippen LogP contribution in [0.1, 0.15) is 0 Å². The monoisotopic (exact) mass is 489 g/mol. The number of ether oxygens (including phenoxy) is 4. The van der Waals surface area contributed by atoms with E-state index in [1.807, 2.05) is 9.80 Å². The van der Waals surface area contributed by atoms with Crippen molar-refractivity contribution in [2.75, 3.05) is 78.9 Å². The number of rotatable bonds is 8. The molecule has 7 nitrogen and oxygen atoms in total. The number of morpholine rings is 2. The van der Waals surface area contributed by atoms with Gasteiger partial charge in [-0.1, -0.05) is 0 Å². The third-order valence-corrected chi connectivity index (χ3v) is 5.98. The molecule has 0 radical (unpaired) electrons. The number of halogens is 6. The van der Waals surface area contributed by atoms with E-state index in [0.29, 0.717) is 58.7 Å². The van der Waals surface area contributed by atoms with Gasteiger partial charge in [-0.3, -0.25) is 9.80 Å². The normalized spacial score (nSPS) is 24.6. The largest absolute Gasteiger partial charge is 0.412 e. The average Bonchev–Trinajstić information content (AvgIpc) is 2.75. The molecule has 3 aliphatic rings. The summed E-state index contributed by atoms with van der Waals surface area (Å²) in [6.45, 7) is 3.12. The summed E-state index contributed by atoms with van der Waals surface area (Å²) >= 11 is 0. The fourth-order valence-corrected chi connectivity index (χ4v) is 4.12. The molecule has 1 aliphatic carbocycles. The van der Waals surface area contributed by atoms with E-state index in [1.54, 1.807) is 0 Å². The Bertz CT molecular complexity index is 663. The minimum absolute atomic E-state index is 0.0452. The first-order valence-electron chi connectivity index (χ1n) is 10.7. The molecule has 0 aromatic heterocycles. The molecule has 190 valence electrons. The lowest BCUT2D eigenvalue weighted by atomic mass is 9.73. The van der Waals surface area contributed by atoms with Gasteiger partial charge in [-0.05, 0) is 18.2 Å². The van der Waals surface area contributed by atoms with Crippen molar-refractivity contribution in [3.05, 3.63) is 23.9 Å². The standard InChI is InChI=1S/C20H29F6N3O4/c21-19(22,23)17(20(24,25)26)15-16(27)1-2-18(17,32-13-7-28-3-9-30-10-4-28)33-14-8-29-5-11-31-12-6-29/h1-2,15H,3-14,27H2. The van der Waals surface area contributed by atoms with Crippen molar-refractivity contribution in [1.82, 2.24) is 9.80 Å². The van der Waals surface area contributed by atoms with Crippen LogP contribution >= 0.6 is 0 Å². The third-order valence-electron chi connectivity index (χ3n) is 5.98. The zero-order chi connectivity index (χ0) is 24.2. The molecule has 0 spiro atoms. The SMILES string of the molecule is NC1=CC(C(F)(F)F)(C(F)(F)F)C(OCCN2CCOCC2)(OCCN2CCOCC2)C=C1. The predicted molar refractivity (Wildman–Crippen MR) is 105 cm³/mol. The number of nitrogens with two attached hydrogens (primary N) is 1. The number of hydrogen-bond donors (Lipinski definition) is 1. The van der Waals surface area contributed by atoms with Crippen LogP contribution < -0.4 is 5.73 Å². The molecule has 0 saturated carbocycles. The van der Waals surface area contributed by atoms with Gasteiger partial charge in [0.25, 0.3) is 0 Å². The highest BCUT2D eigenvalue weighted by Gasteiger charge is 2.80. The molecule has 33 heavy (non-hydrogen) atoms. The summed E-state index contributed by atoms with van der Waals surface area (Å²) in [4.78, 5) is 3.68. The van der Waals surface area contributed by atoms with Gasteiger partial charge < -0.3 is 24.7 Å². The molecule has 2 heterocycles. The van der Waals surface area contributed by atoms with Gasteiger partial charge in [0, 0.05) is 45.0 Å². The highest BCUT2D eigenvalue weighted by Crippen LogP contribution is 2.61. The first-order valence-corrected chi connectivity index (χ1v) is 10.7. The van der Waals surface area contributed by atoms with E-state index in [-0.39, 0.29) is 19.2 Å². The summed E-state index contributed by atoms with van der Waals surface area (Å²) in [5, 5.41) is 0. The molecule has 3 rings (SSSR count). The summed E-state index contributed by atoms with van der Waals surface area (Å²) in [5.74, 6) is -3.16. The number of allylic oxidation sites excluding steroid dienone is 1. The molecule has 0 unspecified atom stereocenters. The highest BCUT2D eigenvalue weighted by molar-refractivity contribution is 5.34. The van der Waals surface area contributed by atoms with E-state index in [1.165, 1.54) is 0 Å². The van der Waals surface area contributed by atoms with Gasteiger partial charge >= 0.3 is 12.4 Å². The van der Waals surface area contributed by atoms with Gasteiger partial charge in [-0.2, -0.15) is 26.3 Å². The number of nitrogens with zero attached hydrogens (tertiary/aromatic N) is 2. The molecule has 0 aromatic carbocycles. The lowest BCUT2D eigenvalue weighted by Gasteiger charge is -2.49. The lowest BCUT2D eigenvalue weighted by molar-refractivity contribution is -0.414. The van der Waals surface area contributed by atoms with Crippen LogP contribution in [0.25, 0.3) is 0 Å². The van der Waals surface area contributed by atoms with Crippen LogP contribution in [0.3, 0.4) is 0 Å². The molecule has 2 aliphatic heterocycles. The van der Waals surface area contributed by atoms with Gasteiger partial charge in [0.15, 0.2) is 0 Å². The molecular formula is C20H29F6N3O4. The van der Waals surface area contributed by atoms with Crippen LogP contribution in [0.2, 0.25) is 0 Å². The van der Waals surface area contributed by atoms with Crippen molar-refractivity contribution < 1.29 is 45.3 Å². The molecule has 0 bridgehead atoms. The first kappa shape index (κ1) is 26.2. The van der Waals surface area contributed by atoms with Crippen molar-refractivity contribution in [2.24, 2.45) is 11.1 Å². The van der Waals surface area contributed by atoms with Crippen LogP contribution in [-0.2, 0) is 18.9 Å². The Balaban J connectivity index is 1.87. The summed E-state index contributed by atoms with van der Waals surface area (Å²) in [6.07, 6.45) is -10.0. The Morgan fingerprint density at radius 1 is 0.818 bits per heavy atom. The third kappa shape index (κ3) is 5.65. The number of alkyl halides is 6. The molecular weight excluding hydrogens is 460 g/mol. The second kappa shape index (κ2) is 10.5. The van der Waals surface area contributed by atoms with Crippen LogP contribution in [0.15, 0.2) is 23.9 Å². The topological polar surface area (TPSA) is 69.4 Å². The Kier molecular flexibility index (Phi) is 8.33. The van der Waals surface area contributed by atoms with Crippen LogP contribution in [-0.4, -0.2) is 107 Å². The molecule has 13 heteroatoms. The highest BCUT2D eigenvalue weighted by atomic mass is 19.4. The van der Waals surface area contributed by atoms with E-state index in [0.717, 1.165) is 6.08 Å². The first-order chi connectivity index (χ1) is 15.5. The minimum atomic E-state index is -5.79. The molecule has 2 saturated heterocycles. The van der Waals surface area contributed by atoms with E-state index in [2.05, 4.69) is 0 Å². The zero-order valence-electron chi connectivity index (χ0n) is 18.1. The van der Waals surface area contributed by atoms with Gasteiger partial charge in [-0.15, -0.1) is 0 Å². The molecule has 2 fully saturated rings. The van der Waals surface area contributed by atoms with Crippen molar-refractivity contribution >= 4 is 0 Å². The van der Waals surface area contributed by atoms with Crippen LogP contribution in [0, 0.1) is 5.41 Å². The van der Waals surface area contributed by atoms with Gasteiger partial charge in [0.05, 0.1) is 39.6 Å². The quantitative estimate of drug-likeness (QED) is 0.413. The minimum Gasteiger partial charge on any atom is -0.399 e.